The third-order valence-corrected chi connectivity index (χ3v) is 4.83. The minimum Gasteiger partial charge on any atom is -0.476 e. The zero-order valence-corrected chi connectivity index (χ0v) is 15.2. The summed E-state index contributed by atoms with van der Waals surface area (Å²) in [7, 11) is 2.03. The molecule has 0 fully saturated rings. The van der Waals surface area contributed by atoms with Gasteiger partial charge >= 0.3 is 5.97 Å². The van der Waals surface area contributed by atoms with Gasteiger partial charge in [-0.25, -0.2) is 9.42 Å². The van der Waals surface area contributed by atoms with Crippen LogP contribution in [0.5, 0.6) is 0 Å². The van der Waals surface area contributed by atoms with Gasteiger partial charge in [0.1, 0.15) is 11.4 Å². The highest BCUT2D eigenvalue weighted by Crippen LogP contribution is 2.28. The summed E-state index contributed by atoms with van der Waals surface area (Å²) in [6.45, 7) is 7.49. The van der Waals surface area contributed by atoms with Crippen LogP contribution < -0.4 is 0 Å². The maximum absolute atomic E-state index is 11.6. The summed E-state index contributed by atoms with van der Waals surface area (Å²) in [6, 6.07) is 0.249. The first kappa shape index (κ1) is 17.6. The molecule has 0 aliphatic heterocycles. The lowest BCUT2D eigenvalue weighted by atomic mass is 9.90. The van der Waals surface area contributed by atoms with Crippen molar-refractivity contribution in [1.82, 2.24) is 25.0 Å². The number of carbonyl (C=O) groups is 1. The Morgan fingerprint density at radius 3 is 2.80 bits per heavy atom. The number of likely N-dealkylation sites (N-methyl/N-ethyl adjacent to an activating group) is 1. The molecule has 8 nitrogen and oxygen atoms in total. The van der Waals surface area contributed by atoms with E-state index in [4.69, 9.17) is 4.63 Å². The summed E-state index contributed by atoms with van der Waals surface area (Å²) in [5.41, 5.74) is 3.77. The van der Waals surface area contributed by atoms with Gasteiger partial charge in [-0.3, -0.25) is 9.58 Å². The van der Waals surface area contributed by atoms with Gasteiger partial charge in [-0.05, 0) is 39.2 Å². The number of rotatable bonds is 6. The van der Waals surface area contributed by atoms with Gasteiger partial charge in [0, 0.05) is 30.4 Å². The number of carboxylic acids is 1. The average Bonchev–Trinajstić information content (AvgIpc) is 3.11. The van der Waals surface area contributed by atoms with Gasteiger partial charge in [0.05, 0.1) is 0 Å². The molecule has 8 heteroatoms. The first-order chi connectivity index (χ1) is 11.9. The number of hydrogen-bond acceptors (Lipinski definition) is 6. The van der Waals surface area contributed by atoms with Crippen molar-refractivity contribution in [3.63, 3.8) is 0 Å². The standard InChI is InChI=1S/C17H25N5O3/c1-10(2)8-22-15-6-5-12(7-13(15)16(18-22)17(23)24)21(4)9-14-11(3)19-25-20-14/h10,12H,5-9H2,1-4H3,(H,23,24). The van der Waals surface area contributed by atoms with E-state index in [2.05, 4.69) is 34.2 Å². The zero-order chi connectivity index (χ0) is 18.1. The van der Waals surface area contributed by atoms with Gasteiger partial charge < -0.3 is 5.11 Å². The van der Waals surface area contributed by atoms with E-state index in [-0.39, 0.29) is 11.7 Å². The third-order valence-electron chi connectivity index (χ3n) is 4.83. The topological polar surface area (TPSA) is 97.3 Å². The first-order valence-corrected chi connectivity index (χ1v) is 8.67. The van der Waals surface area contributed by atoms with E-state index in [1.54, 1.807) is 0 Å². The van der Waals surface area contributed by atoms with Crippen molar-refractivity contribution >= 4 is 5.97 Å². The van der Waals surface area contributed by atoms with Crippen molar-refractivity contribution < 1.29 is 14.5 Å². The van der Waals surface area contributed by atoms with Crippen LogP contribution >= 0.6 is 0 Å². The fourth-order valence-electron chi connectivity index (χ4n) is 3.47. The van der Waals surface area contributed by atoms with Gasteiger partial charge in [0.15, 0.2) is 5.69 Å². The Hall–Kier alpha value is -2.22. The monoisotopic (exact) mass is 347 g/mol. The minimum absolute atomic E-state index is 0.202. The molecule has 1 aliphatic carbocycles. The van der Waals surface area contributed by atoms with E-state index < -0.39 is 5.97 Å². The number of fused-ring (bicyclic) bond motifs is 1. The zero-order valence-electron chi connectivity index (χ0n) is 15.2. The third kappa shape index (κ3) is 3.58. The van der Waals surface area contributed by atoms with Crippen LogP contribution in [0, 0.1) is 12.8 Å². The molecule has 1 aliphatic rings. The Morgan fingerprint density at radius 1 is 1.44 bits per heavy atom. The Labute approximate surface area is 146 Å². The predicted molar refractivity (Wildman–Crippen MR) is 90.3 cm³/mol. The molecule has 1 N–H and O–H groups in total. The summed E-state index contributed by atoms with van der Waals surface area (Å²) in [5.74, 6) is -0.521. The SMILES string of the molecule is Cc1nonc1CN(C)C1CCc2c(c(C(=O)O)nn2CC(C)C)C1. The smallest absolute Gasteiger partial charge is 0.356 e. The van der Waals surface area contributed by atoms with Crippen molar-refractivity contribution in [2.75, 3.05) is 7.05 Å². The molecule has 0 amide bonds. The van der Waals surface area contributed by atoms with Crippen LogP contribution in [-0.4, -0.2) is 49.2 Å². The molecule has 136 valence electrons. The fraction of sp³-hybridized carbons (Fsp3) is 0.647. The molecule has 3 rings (SSSR count). The summed E-state index contributed by atoms with van der Waals surface area (Å²) in [5, 5.41) is 21.7. The molecular weight excluding hydrogens is 322 g/mol. The van der Waals surface area contributed by atoms with Crippen LogP contribution in [0.15, 0.2) is 4.63 Å². The second-order valence-corrected chi connectivity index (χ2v) is 7.26. The molecule has 0 aromatic carbocycles. The number of aryl methyl sites for hydroxylation is 1. The largest absolute Gasteiger partial charge is 0.476 e. The predicted octanol–water partition coefficient (Wildman–Crippen LogP) is 1.92. The maximum Gasteiger partial charge on any atom is 0.356 e. The van der Waals surface area contributed by atoms with E-state index in [1.807, 2.05) is 18.7 Å². The lowest BCUT2D eigenvalue weighted by Gasteiger charge is -2.31. The number of aromatic carboxylic acids is 1. The molecule has 0 saturated carbocycles. The molecule has 25 heavy (non-hydrogen) atoms. The lowest BCUT2D eigenvalue weighted by Crippen LogP contribution is -2.37. The number of aromatic nitrogens is 4. The highest BCUT2D eigenvalue weighted by Gasteiger charge is 2.31. The van der Waals surface area contributed by atoms with Crippen molar-refractivity contribution in [1.29, 1.82) is 0 Å². The highest BCUT2D eigenvalue weighted by atomic mass is 16.6. The average molecular weight is 347 g/mol. The Bertz CT molecular complexity index is 764. The summed E-state index contributed by atoms with van der Waals surface area (Å²) < 4.78 is 6.66. The Balaban J connectivity index is 1.81. The molecule has 2 heterocycles. The van der Waals surface area contributed by atoms with E-state index in [1.165, 1.54) is 0 Å². The second-order valence-electron chi connectivity index (χ2n) is 7.26. The number of carboxylic acid groups (broad SMARTS) is 1. The highest BCUT2D eigenvalue weighted by molar-refractivity contribution is 5.87. The van der Waals surface area contributed by atoms with Crippen molar-refractivity contribution in [3.8, 4) is 0 Å². The van der Waals surface area contributed by atoms with E-state index in [9.17, 15) is 9.90 Å². The van der Waals surface area contributed by atoms with Crippen LogP contribution in [0.25, 0.3) is 0 Å². The van der Waals surface area contributed by atoms with Crippen molar-refractivity contribution in [3.05, 3.63) is 28.3 Å². The van der Waals surface area contributed by atoms with Crippen LogP contribution in [0.2, 0.25) is 0 Å². The van der Waals surface area contributed by atoms with Gasteiger partial charge in [-0.2, -0.15) is 5.10 Å². The number of hydrogen-bond donors (Lipinski definition) is 1. The van der Waals surface area contributed by atoms with E-state index >= 15 is 0 Å². The Morgan fingerprint density at radius 2 is 2.20 bits per heavy atom. The molecular formula is C17H25N5O3. The van der Waals surface area contributed by atoms with Gasteiger partial charge in [0.25, 0.3) is 0 Å². The van der Waals surface area contributed by atoms with Crippen LogP contribution in [0.1, 0.15) is 53.4 Å². The van der Waals surface area contributed by atoms with E-state index in [0.29, 0.717) is 18.9 Å². The van der Waals surface area contributed by atoms with Gasteiger partial charge in [0.2, 0.25) is 0 Å². The molecule has 0 bridgehead atoms. The minimum atomic E-state index is -0.946. The molecule has 0 radical (unpaired) electrons. The van der Waals surface area contributed by atoms with Crippen LogP contribution in [0.4, 0.5) is 0 Å². The van der Waals surface area contributed by atoms with E-state index in [0.717, 1.165) is 42.0 Å². The first-order valence-electron chi connectivity index (χ1n) is 8.67. The molecule has 1 unspecified atom stereocenters. The summed E-state index contributed by atoms with van der Waals surface area (Å²) >= 11 is 0. The second kappa shape index (κ2) is 6.95. The maximum atomic E-state index is 11.6. The molecule has 2 aromatic rings. The Kier molecular flexibility index (Phi) is 4.89. The molecule has 2 aromatic heterocycles. The number of nitrogens with zero attached hydrogens (tertiary/aromatic N) is 5. The summed E-state index contributed by atoms with van der Waals surface area (Å²) in [4.78, 5) is 13.8. The normalized spacial score (nSPS) is 17.3. The quantitative estimate of drug-likeness (QED) is 0.852. The van der Waals surface area contributed by atoms with Gasteiger partial charge in [-0.1, -0.05) is 24.2 Å². The van der Waals surface area contributed by atoms with Crippen molar-refractivity contribution in [2.24, 2.45) is 5.92 Å². The fourth-order valence-corrected chi connectivity index (χ4v) is 3.47. The van der Waals surface area contributed by atoms with Crippen LogP contribution in [-0.2, 0) is 25.9 Å². The molecule has 0 spiro atoms. The molecule has 0 saturated heterocycles. The lowest BCUT2D eigenvalue weighted by molar-refractivity contribution is 0.0687. The van der Waals surface area contributed by atoms with Crippen molar-refractivity contribution in [2.45, 2.75) is 59.2 Å². The van der Waals surface area contributed by atoms with Gasteiger partial charge in [-0.15, -0.1) is 0 Å². The molecule has 1 atom stereocenters. The summed E-state index contributed by atoms with van der Waals surface area (Å²) in [6.07, 6.45) is 2.50. The van der Waals surface area contributed by atoms with Crippen LogP contribution in [0.3, 0.4) is 0 Å².